The molecule has 1 aliphatic rings. The summed E-state index contributed by atoms with van der Waals surface area (Å²) in [6.07, 6.45) is 5.44. The summed E-state index contributed by atoms with van der Waals surface area (Å²) in [6.45, 7) is 2.26. The Kier molecular flexibility index (Phi) is 6.77. The number of aromatic nitrogens is 1. The summed E-state index contributed by atoms with van der Waals surface area (Å²) >= 11 is 6.33. The van der Waals surface area contributed by atoms with Crippen LogP contribution in [0.25, 0.3) is 0 Å². The Morgan fingerprint density at radius 1 is 1.40 bits per heavy atom. The Hall–Kier alpha value is -2.45. The number of sulfone groups is 1. The molecule has 2 heterocycles. The first-order valence-electron chi connectivity index (χ1n) is 9.51. The largest absolute Gasteiger partial charge is 0.347 e. The highest BCUT2D eigenvalue weighted by Gasteiger charge is 2.30. The minimum Gasteiger partial charge on any atom is -0.347 e. The van der Waals surface area contributed by atoms with Gasteiger partial charge in [-0.25, -0.2) is 17.8 Å². The van der Waals surface area contributed by atoms with E-state index in [9.17, 15) is 17.6 Å². The van der Waals surface area contributed by atoms with Crippen LogP contribution in [0.3, 0.4) is 0 Å². The summed E-state index contributed by atoms with van der Waals surface area (Å²) in [4.78, 5) is 18.4. The highest BCUT2D eigenvalue weighted by Crippen LogP contribution is 2.38. The molecule has 1 aromatic carbocycles. The van der Waals surface area contributed by atoms with Crippen LogP contribution in [0.1, 0.15) is 41.7 Å². The standard InChI is InChI=1S/C21H23ClFN3O3S/c1-14(9-11-30(2,28)29)25-21(27)15-12-18(23)20(24-13-15)26-10-5-8-19(26)16-6-3-4-7-17(16)22/h3-4,6-7,9,11-14,19H,5,8,10H2,1-2H3,(H,25,27)/b11-9+/t14-,19?/m1/s1. The normalized spacial score (nSPS) is 18.0. The molecule has 1 N–H and O–H groups in total. The zero-order valence-corrected chi connectivity index (χ0v) is 18.3. The van der Waals surface area contributed by atoms with Gasteiger partial charge in [-0.1, -0.05) is 35.9 Å². The lowest BCUT2D eigenvalue weighted by atomic mass is 10.0. The minimum absolute atomic E-state index is 0.0596. The van der Waals surface area contributed by atoms with Gasteiger partial charge < -0.3 is 10.2 Å². The highest BCUT2D eigenvalue weighted by atomic mass is 35.5. The second-order valence-corrected chi connectivity index (χ2v) is 9.66. The Balaban J connectivity index is 1.77. The highest BCUT2D eigenvalue weighted by molar-refractivity contribution is 7.93. The molecule has 6 nitrogen and oxygen atoms in total. The third kappa shape index (κ3) is 5.37. The predicted molar refractivity (Wildman–Crippen MR) is 116 cm³/mol. The van der Waals surface area contributed by atoms with Crippen molar-refractivity contribution in [3.63, 3.8) is 0 Å². The van der Waals surface area contributed by atoms with Crippen LogP contribution in [-0.4, -0.2) is 38.2 Å². The fraction of sp³-hybridized carbons (Fsp3) is 0.333. The van der Waals surface area contributed by atoms with E-state index in [-0.39, 0.29) is 17.4 Å². The van der Waals surface area contributed by atoms with Crippen molar-refractivity contribution in [2.45, 2.75) is 31.8 Å². The van der Waals surface area contributed by atoms with Crippen molar-refractivity contribution in [2.24, 2.45) is 0 Å². The molecule has 1 amide bonds. The van der Waals surface area contributed by atoms with E-state index < -0.39 is 27.6 Å². The van der Waals surface area contributed by atoms with Gasteiger partial charge in [-0.3, -0.25) is 4.79 Å². The number of pyridine rings is 1. The van der Waals surface area contributed by atoms with Crippen molar-refractivity contribution in [2.75, 3.05) is 17.7 Å². The zero-order valence-electron chi connectivity index (χ0n) is 16.7. The first-order valence-corrected chi connectivity index (χ1v) is 11.8. The van der Waals surface area contributed by atoms with Crippen LogP contribution >= 0.6 is 11.6 Å². The minimum atomic E-state index is -3.29. The third-order valence-electron chi connectivity index (χ3n) is 4.85. The molecule has 2 aromatic rings. The van der Waals surface area contributed by atoms with Crippen LogP contribution in [0.15, 0.2) is 48.0 Å². The van der Waals surface area contributed by atoms with Gasteiger partial charge in [0.25, 0.3) is 5.91 Å². The number of rotatable bonds is 6. The van der Waals surface area contributed by atoms with Crippen molar-refractivity contribution in [1.29, 1.82) is 0 Å². The molecule has 1 unspecified atom stereocenters. The fourth-order valence-corrected chi connectivity index (χ4v) is 4.24. The molecule has 1 aromatic heterocycles. The van der Waals surface area contributed by atoms with Gasteiger partial charge in [-0.15, -0.1) is 0 Å². The van der Waals surface area contributed by atoms with Crippen molar-refractivity contribution < 1.29 is 17.6 Å². The molecule has 1 fully saturated rings. The van der Waals surface area contributed by atoms with Crippen molar-refractivity contribution >= 4 is 33.2 Å². The molecular formula is C21H23ClFN3O3S. The molecule has 160 valence electrons. The van der Waals surface area contributed by atoms with Crippen molar-refractivity contribution in [3.05, 3.63) is 70.0 Å². The monoisotopic (exact) mass is 451 g/mol. The second kappa shape index (κ2) is 9.14. The molecule has 3 rings (SSSR count). The first-order chi connectivity index (χ1) is 14.2. The zero-order chi connectivity index (χ0) is 21.9. The number of hydrogen-bond donors (Lipinski definition) is 1. The van der Waals surface area contributed by atoms with Gasteiger partial charge in [0.05, 0.1) is 11.6 Å². The molecular weight excluding hydrogens is 429 g/mol. The predicted octanol–water partition coefficient (Wildman–Crippen LogP) is 3.89. The molecule has 30 heavy (non-hydrogen) atoms. The maximum atomic E-state index is 14.9. The smallest absolute Gasteiger partial charge is 0.253 e. The molecule has 1 aliphatic heterocycles. The molecule has 0 saturated carbocycles. The Morgan fingerprint density at radius 3 is 2.80 bits per heavy atom. The van der Waals surface area contributed by atoms with E-state index >= 15 is 0 Å². The van der Waals surface area contributed by atoms with Crippen LogP contribution in [0, 0.1) is 5.82 Å². The van der Waals surface area contributed by atoms with Gasteiger partial charge in [0.2, 0.25) is 0 Å². The van der Waals surface area contributed by atoms with Gasteiger partial charge >= 0.3 is 0 Å². The molecule has 0 spiro atoms. The van der Waals surface area contributed by atoms with E-state index in [2.05, 4.69) is 10.3 Å². The van der Waals surface area contributed by atoms with Crippen molar-refractivity contribution in [3.8, 4) is 0 Å². The summed E-state index contributed by atoms with van der Waals surface area (Å²) in [5.74, 6) is -0.956. The average molecular weight is 452 g/mol. The number of nitrogens with one attached hydrogen (secondary N) is 1. The maximum absolute atomic E-state index is 14.9. The Bertz CT molecular complexity index is 1070. The lowest BCUT2D eigenvalue weighted by Gasteiger charge is -2.27. The van der Waals surface area contributed by atoms with Gasteiger partial charge in [0, 0.05) is 35.5 Å². The number of hydrogen-bond acceptors (Lipinski definition) is 5. The van der Waals surface area contributed by atoms with Crippen LogP contribution in [0.5, 0.6) is 0 Å². The van der Waals surface area contributed by atoms with E-state index in [1.165, 1.54) is 12.3 Å². The quantitative estimate of drug-likeness (QED) is 0.720. The third-order valence-corrected chi connectivity index (χ3v) is 5.84. The fourth-order valence-electron chi connectivity index (χ4n) is 3.45. The lowest BCUT2D eigenvalue weighted by molar-refractivity contribution is 0.0946. The van der Waals surface area contributed by atoms with Crippen LogP contribution < -0.4 is 10.2 Å². The number of amides is 1. The number of carbonyl (C=O) groups is 1. The lowest BCUT2D eigenvalue weighted by Crippen LogP contribution is -2.31. The van der Waals surface area contributed by atoms with Crippen molar-refractivity contribution in [1.82, 2.24) is 10.3 Å². The summed E-state index contributed by atoms with van der Waals surface area (Å²) in [7, 11) is -3.29. The van der Waals surface area contributed by atoms with Crippen LogP contribution in [0.4, 0.5) is 10.2 Å². The van der Waals surface area contributed by atoms with Crippen LogP contribution in [0.2, 0.25) is 5.02 Å². The second-order valence-electron chi connectivity index (χ2n) is 7.32. The van der Waals surface area contributed by atoms with E-state index in [1.807, 2.05) is 29.2 Å². The van der Waals surface area contributed by atoms with Gasteiger partial charge in [0.15, 0.2) is 21.5 Å². The Morgan fingerprint density at radius 2 is 2.13 bits per heavy atom. The number of benzene rings is 1. The average Bonchev–Trinajstić information content (AvgIpc) is 3.15. The van der Waals surface area contributed by atoms with E-state index in [0.29, 0.717) is 11.6 Å². The Labute approximate surface area is 180 Å². The molecule has 9 heteroatoms. The summed E-state index contributed by atoms with van der Waals surface area (Å²) in [6, 6.07) is 8.00. The molecule has 0 bridgehead atoms. The summed E-state index contributed by atoms with van der Waals surface area (Å²) < 4.78 is 37.2. The topological polar surface area (TPSA) is 79.4 Å². The number of nitrogens with zero attached hydrogens (tertiary/aromatic N) is 2. The van der Waals surface area contributed by atoms with E-state index in [1.54, 1.807) is 6.92 Å². The first kappa shape index (κ1) is 22.2. The van der Waals surface area contributed by atoms with Crippen LogP contribution in [-0.2, 0) is 9.84 Å². The number of anilines is 1. The van der Waals surface area contributed by atoms with E-state index in [0.717, 1.165) is 36.1 Å². The molecule has 2 atom stereocenters. The summed E-state index contributed by atoms with van der Waals surface area (Å²) in [5.41, 5.74) is 0.982. The molecule has 0 aliphatic carbocycles. The maximum Gasteiger partial charge on any atom is 0.253 e. The number of halogens is 2. The van der Waals surface area contributed by atoms with Gasteiger partial charge in [-0.2, -0.15) is 0 Å². The van der Waals surface area contributed by atoms with E-state index in [4.69, 9.17) is 11.6 Å². The molecule has 0 radical (unpaired) electrons. The molecule has 1 saturated heterocycles. The van der Waals surface area contributed by atoms with Gasteiger partial charge in [-0.05, 0) is 37.5 Å². The summed E-state index contributed by atoms with van der Waals surface area (Å²) in [5, 5.41) is 4.24. The number of carbonyl (C=O) groups excluding carboxylic acids is 1. The van der Waals surface area contributed by atoms with Gasteiger partial charge in [0.1, 0.15) is 0 Å². The SMILES string of the molecule is C[C@H](/C=C/S(C)(=O)=O)NC(=O)c1cnc(N2CCCC2c2ccccc2Cl)c(F)c1.